The van der Waals surface area contributed by atoms with Crippen LogP contribution in [-0.2, 0) is 11.2 Å². The van der Waals surface area contributed by atoms with Gasteiger partial charge < -0.3 is 10.4 Å². The lowest BCUT2D eigenvalue weighted by atomic mass is 9.91. The van der Waals surface area contributed by atoms with Crippen LogP contribution in [0.2, 0.25) is 0 Å². The monoisotopic (exact) mass is 377 g/mol. The van der Waals surface area contributed by atoms with Gasteiger partial charge in [-0.2, -0.15) is 0 Å². The van der Waals surface area contributed by atoms with Gasteiger partial charge in [-0.05, 0) is 48.8 Å². The summed E-state index contributed by atoms with van der Waals surface area (Å²) in [6, 6.07) is 19.2. The molecule has 0 bridgehead atoms. The smallest absolute Gasteiger partial charge is 0.303 e. The van der Waals surface area contributed by atoms with E-state index in [-0.39, 0.29) is 12.5 Å². The van der Waals surface area contributed by atoms with Crippen molar-refractivity contribution < 1.29 is 9.90 Å². The van der Waals surface area contributed by atoms with E-state index in [0.29, 0.717) is 12.3 Å². The van der Waals surface area contributed by atoms with Gasteiger partial charge in [-0.25, -0.2) is 0 Å². The highest BCUT2D eigenvalue weighted by Crippen LogP contribution is 2.22. The molecule has 0 aliphatic heterocycles. The molecule has 148 valence electrons. The lowest BCUT2D eigenvalue weighted by Gasteiger charge is -2.25. The van der Waals surface area contributed by atoms with Crippen LogP contribution in [0.5, 0.6) is 0 Å². The fourth-order valence-electron chi connectivity index (χ4n) is 3.19. The zero-order chi connectivity index (χ0) is 20.5. The number of allylic oxidation sites excluding steroid dienone is 2. The molecule has 2 rings (SSSR count). The Balaban J connectivity index is 2.06. The van der Waals surface area contributed by atoms with Crippen molar-refractivity contribution in [3.8, 4) is 11.1 Å². The molecule has 0 spiro atoms. The van der Waals surface area contributed by atoms with Gasteiger partial charge in [-0.3, -0.25) is 4.79 Å². The van der Waals surface area contributed by atoms with Crippen molar-refractivity contribution in [3.63, 3.8) is 0 Å². The maximum Gasteiger partial charge on any atom is 0.303 e. The average molecular weight is 378 g/mol. The summed E-state index contributed by atoms with van der Waals surface area (Å²) in [5.41, 5.74) is 5.60. The zero-order valence-corrected chi connectivity index (χ0v) is 16.9. The van der Waals surface area contributed by atoms with Crippen LogP contribution in [0.15, 0.2) is 79.0 Å². The molecular weight excluding hydrogens is 346 g/mol. The fourth-order valence-corrected chi connectivity index (χ4v) is 3.19. The highest BCUT2D eigenvalue weighted by atomic mass is 16.4. The maximum atomic E-state index is 10.8. The number of aliphatic carboxylic acids is 1. The van der Waals surface area contributed by atoms with Crippen molar-refractivity contribution in [1.29, 1.82) is 0 Å². The number of benzene rings is 2. The molecule has 0 fully saturated rings. The van der Waals surface area contributed by atoms with Gasteiger partial charge in [0.05, 0.1) is 6.42 Å². The Hall–Kier alpha value is -2.81. The number of carbonyl (C=O) groups is 1. The van der Waals surface area contributed by atoms with Gasteiger partial charge in [0.2, 0.25) is 0 Å². The molecule has 0 aromatic heterocycles. The van der Waals surface area contributed by atoms with Crippen LogP contribution in [-0.4, -0.2) is 17.1 Å². The van der Waals surface area contributed by atoms with E-state index in [4.69, 9.17) is 5.11 Å². The fraction of sp³-hybridized carbons (Fsp3) is 0.320. The number of rotatable bonds is 11. The van der Waals surface area contributed by atoms with E-state index in [1.165, 1.54) is 16.7 Å². The first-order valence-corrected chi connectivity index (χ1v) is 9.81. The van der Waals surface area contributed by atoms with Crippen molar-refractivity contribution in [2.24, 2.45) is 5.92 Å². The number of nitrogens with one attached hydrogen (secondary N) is 1. The van der Waals surface area contributed by atoms with E-state index >= 15 is 0 Å². The predicted octanol–water partition coefficient (Wildman–Crippen LogP) is 5.84. The van der Waals surface area contributed by atoms with Crippen molar-refractivity contribution in [2.45, 2.75) is 45.6 Å². The summed E-state index contributed by atoms with van der Waals surface area (Å²) < 4.78 is 0. The average Bonchev–Trinajstić information content (AvgIpc) is 2.67. The Morgan fingerprint density at radius 3 is 2.18 bits per heavy atom. The summed E-state index contributed by atoms with van der Waals surface area (Å²) in [5.74, 6) is -0.417. The van der Waals surface area contributed by atoms with Crippen LogP contribution in [0.4, 0.5) is 0 Å². The molecule has 2 atom stereocenters. The van der Waals surface area contributed by atoms with Crippen molar-refractivity contribution >= 4 is 5.97 Å². The Bertz CT molecular complexity index is 793. The van der Waals surface area contributed by atoms with Gasteiger partial charge in [0.1, 0.15) is 0 Å². The van der Waals surface area contributed by atoms with Gasteiger partial charge in [-0.1, -0.05) is 80.3 Å². The first-order chi connectivity index (χ1) is 13.3. The largest absolute Gasteiger partial charge is 0.481 e. The molecule has 0 amide bonds. The number of carboxylic acids is 1. The van der Waals surface area contributed by atoms with Gasteiger partial charge in [-0.15, -0.1) is 0 Å². The van der Waals surface area contributed by atoms with Crippen LogP contribution < -0.4 is 5.32 Å². The second-order valence-corrected chi connectivity index (χ2v) is 7.59. The Morgan fingerprint density at radius 1 is 1.00 bits per heavy atom. The molecule has 0 radical (unpaired) electrons. The van der Waals surface area contributed by atoms with Crippen LogP contribution >= 0.6 is 0 Å². The summed E-state index contributed by atoms with van der Waals surface area (Å²) in [7, 11) is 0. The first-order valence-electron chi connectivity index (χ1n) is 9.81. The minimum atomic E-state index is -0.800. The van der Waals surface area contributed by atoms with Crippen molar-refractivity contribution in [3.05, 3.63) is 84.6 Å². The molecule has 0 heterocycles. The highest BCUT2D eigenvalue weighted by Gasteiger charge is 2.15. The zero-order valence-electron chi connectivity index (χ0n) is 16.9. The molecule has 0 aliphatic rings. The van der Waals surface area contributed by atoms with E-state index in [1.807, 2.05) is 18.2 Å². The molecule has 2 aromatic carbocycles. The lowest BCUT2D eigenvalue weighted by Crippen LogP contribution is -2.32. The lowest BCUT2D eigenvalue weighted by molar-refractivity contribution is -0.136. The Kier molecular flexibility index (Phi) is 8.06. The normalized spacial score (nSPS) is 12.8. The Morgan fingerprint density at radius 2 is 1.61 bits per heavy atom. The summed E-state index contributed by atoms with van der Waals surface area (Å²) in [6.07, 6.45) is 2.33. The van der Waals surface area contributed by atoms with Crippen molar-refractivity contribution in [1.82, 2.24) is 5.32 Å². The number of hydrogen-bond acceptors (Lipinski definition) is 2. The van der Waals surface area contributed by atoms with E-state index < -0.39 is 5.97 Å². The third-order valence-corrected chi connectivity index (χ3v) is 5.07. The van der Waals surface area contributed by atoms with E-state index in [2.05, 4.69) is 68.7 Å². The highest BCUT2D eigenvalue weighted by molar-refractivity contribution is 5.67. The summed E-state index contributed by atoms with van der Waals surface area (Å²) in [5, 5.41) is 12.3. The molecule has 2 N–H and O–H groups in total. The van der Waals surface area contributed by atoms with Crippen LogP contribution in [0.25, 0.3) is 11.1 Å². The number of carboxylic acid groups (broad SMARTS) is 1. The van der Waals surface area contributed by atoms with E-state index in [9.17, 15) is 4.79 Å². The van der Waals surface area contributed by atoms with Crippen LogP contribution in [0, 0.1) is 5.92 Å². The molecule has 3 nitrogen and oxygen atoms in total. The van der Waals surface area contributed by atoms with Gasteiger partial charge >= 0.3 is 5.97 Å². The maximum absolute atomic E-state index is 10.8. The van der Waals surface area contributed by atoms with Crippen molar-refractivity contribution in [2.75, 3.05) is 0 Å². The van der Waals surface area contributed by atoms with Gasteiger partial charge in [0, 0.05) is 11.7 Å². The summed E-state index contributed by atoms with van der Waals surface area (Å²) >= 11 is 0. The van der Waals surface area contributed by atoms with E-state index in [1.54, 1.807) is 0 Å². The summed E-state index contributed by atoms with van der Waals surface area (Å²) in [4.78, 5) is 10.8. The Labute approximate surface area is 168 Å². The molecule has 0 saturated carbocycles. The second-order valence-electron chi connectivity index (χ2n) is 7.59. The molecule has 3 heteroatoms. The minimum absolute atomic E-state index is 0.0976. The standard InChI is InChI=1S/C25H31NO2/c1-18(2)19(3)16-24(26-20(4)10-15-25(27)28)17-21-11-13-23(14-12-21)22-8-6-5-7-9-22/h5-9,11-14,19,24,26H,1,4,10,15-17H2,2-3H3,(H,27,28)/t19-,24?/m1/s1. The van der Waals surface area contributed by atoms with Crippen LogP contribution in [0.3, 0.4) is 0 Å². The predicted molar refractivity (Wildman–Crippen MR) is 117 cm³/mol. The quantitative estimate of drug-likeness (QED) is 0.484. The molecule has 2 aromatic rings. The van der Waals surface area contributed by atoms with Gasteiger partial charge in [0.25, 0.3) is 0 Å². The molecule has 0 aliphatic carbocycles. The van der Waals surface area contributed by atoms with E-state index in [0.717, 1.165) is 24.1 Å². The molecule has 28 heavy (non-hydrogen) atoms. The topological polar surface area (TPSA) is 49.3 Å². The second kappa shape index (κ2) is 10.5. The summed E-state index contributed by atoms with van der Waals surface area (Å²) in [6.45, 7) is 12.3. The van der Waals surface area contributed by atoms with Gasteiger partial charge in [0.15, 0.2) is 0 Å². The first kappa shape index (κ1) is 21.5. The minimum Gasteiger partial charge on any atom is -0.481 e. The van der Waals surface area contributed by atoms with Crippen LogP contribution in [0.1, 0.15) is 38.7 Å². The third kappa shape index (κ3) is 7.07. The molecular formula is C25H31NO2. The third-order valence-electron chi connectivity index (χ3n) is 5.07. The SMILES string of the molecule is C=C(CCC(=O)O)NC(Cc1ccc(-c2ccccc2)cc1)C[C@@H](C)C(=C)C. The number of hydrogen-bond donors (Lipinski definition) is 2. The molecule has 1 unspecified atom stereocenters. The molecule has 0 saturated heterocycles.